The first kappa shape index (κ1) is 23.8. The quantitative estimate of drug-likeness (QED) is 0.368. The summed E-state index contributed by atoms with van der Waals surface area (Å²) in [6.07, 6.45) is 2.94. The number of fused-ring (bicyclic) bond motifs is 2. The van der Waals surface area contributed by atoms with E-state index in [1.807, 2.05) is 24.3 Å². The fourth-order valence-corrected chi connectivity index (χ4v) is 5.88. The van der Waals surface area contributed by atoms with Gasteiger partial charge in [-0.3, -0.25) is 4.79 Å². The fraction of sp³-hybridized carbons (Fsp3) is 0.423. The number of carbonyl (C=O) groups is 2. The van der Waals surface area contributed by atoms with Gasteiger partial charge in [-0.05, 0) is 60.6 Å². The summed E-state index contributed by atoms with van der Waals surface area (Å²) in [5, 5.41) is 8.02. The maximum Gasteiger partial charge on any atom is 0.367 e. The first-order valence-corrected chi connectivity index (χ1v) is 11.9. The lowest BCUT2D eigenvalue weighted by Crippen LogP contribution is -2.43. The van der Waals surface area contributed by atoms with Crippen LogP contribution in [0.3, 0.4) is 0 Å². The Bertz CT molecular complexity index is 1140. The van der Waals surface area contributed by atoms with Crippen molar-refractivity contribution in [1.29, 1.82) is 0 Å². The number of rotatable bonds is 5. The van der Waals surface area contributed by atoms with Gasteiger partial charge in [0.15, 0.2) is 0 Å². The van der Waals surface area contributed by atoms with Crippen LogP contribution >= 0.6 is 23.2 Å². The van der Waals surface area contributed by atoms with Crippen LogP contribution in [-0.2, 0) is 16.1 Å². The SMILES string of the molecule is CCc1ccc(NC(=O)C23CCC(C)(C(=NOC(=O)c4ccc(Cl)cc4Cl)C2)C3(C)C)cc1. The van der Waals surface area contributed by atoms with E-state index in [9.17, 15) is 9.59 Å². The molecule has 0 spiro atoms. The summed E-state index contributed by atoms with van der Waals surface area (Å²) in [4.78, 5) is 31.5. The number of hydrogen-bond acceptors (Lipinski definition) is 4. The Labute approximate surface area is 204 Å². The monoisotopic (exact) mass is 486 g/mol. The normalized spacial score (nSPS) is 26.4. The van der Waals surface area contributed by atoms with Crippen molar-refractivity contribution in [2.45, 2.75) is 53.4 Å². The topological polar surface area (TPSA) is 67.8 Å². The van der Waals surface area contributed by atoms with Crippen LogP contribution in [0.4, 0.5) is 5.69 Å². The second kappa shape index (κ2) is 8.44. The molecule has 2 bridgehead atoms. The van der Waals surface area contributed by atoms with Crippen LogP contribution in [0, 0.1) is 16.2 Å². The van der Waals surface area contributed by atoms with E-state index in [1.165, 1.54) is 17.7 Å². The van der Waals surface area contributed by atoms with E-state index in [2.05, 4.69) is 38.2 Å². The molecule has 33 heavy (non-hydrogen) atoms. The highest BCUT2D eigenvalue weighted by Crippen LogP contribution is 2.71. The van der Waals surface area contributed by atoms with E-state index in [4.69, 9.17) is 28.0 Å². The van der Waals surface area contributed by atoms with Crippen LogP contribution in [0.5, 0.6) is 0 Å². The fourth-order valence-electron chi connectivity index (χ4n) is 5.40. The lowest BCUT2D eigenvalue weighted by Gasteiger charge is -2.39. The Morgan fingerprint density at radius 3 is 2.39 bits per heavy atom. The molecular formula is C26H28Cl2N2O3. The highest BCUT2D eigenvalue weighted by atomic mass is 35.5. The van der Waals surface area contributed by atoms with Gasteiger partial charge in [-0.2, -0.15) is 0 Å². The lowest BCUT2D eigenvalue weighted by molar-refractivity contribution is -0.130. The highest BCUT2D eigenvalue weighted by molar-refractivity contribution is 6.36. The molecule has 2 aliphatic rings. The minimum atomic E-state index is -0.650. The molecule has 1 amide bonds. The van der Waals surface area contributed by atoms with Crippen molar-refractivity contribution in [2.75, 3.05) is 5.32 Å². The number of anilines is 1. The molecule has 5 nitrogen and oxygen atoms in total. The molecular weight excluding hydrogens is 459 g/mol. The third-order valence-electron chi connectivity index (χ3n) is 8.18. The van der Waals surface area contributed by atoms with Crippen LogP contribution in [0.2, 0.25) is 10.0 Å². The number of aryl methyl sites for hydroxylation is 1. The first-order valence-electron chi connectivity index (χ1n) is 11.2. The van der Waals surface area contributed by atoms with E-state index < -0.39 is 11.4 Å². The molecule has 2 unspecified atom stereocenters. The predicted octanol–water partition coefficient (Wildman–Crippen LogP) is 6.92. The molecule has 0 heterocycles. The van der Waals surface area contributed by atoms with Crippen molar-refractivity contribution in [3.8, 4) is 0 Å². The Balaban J connectivity index is 1.57. The average Bonchev–Trinajstić information content (AvgIpc) is 3.08. The number of hydrogen-bond donors (Lipinski definition) is 1. The largest absolute Gasteiger partial charge is 0.367 e. The van der Waals surface area contributed by atoms with E-state index in [-0.39, 0.29) is 27.3 Å². The van der Waals surface area contributed by atoms with Gasteiger partial charge in [0.2, 0.25) is 5.91 Å². The van der Waals surface area contributed by atoms with Crippen LogP contribution in [0.15, 0.2) is 47.6 Å². The number of carbonyl (C=O) groups excluding carboxylic acids is 2. The number of benzene rings is 2. The van der Waals surface area contributed by atoms with E-state index in [1.54, 1.807) is 6.07 Å². The zero-order chi connectivity index (χ0) is 24.0. The van der Waals surface area contributed by atoms with E-state index >= 15 is 0 Å². The maximum atomic E-state index is 13.6. The second-order valence-corrected chi connectivity index (χ2v) is 10.6. The van der Waals surface area contributed by atoms with Crippen molar-refractivity contribution >= 4 is 46.5 Å². The lowest BCUT2D eigenvalue weighted by atomic mass is 9.64. The van der Waals surface area contributed by atoms with Crippen molar-refractivity contribution in [3.05, 3.63) is 63.6 Å². The van der Waals surface area contributed by atoms with Crippen LogP contribution in [0.1, 0.15) is 62.9 Å². The van der Waals surface area contributed by atoms with Gasteiger partial charge in [0.25, 0.3) is 0 Å². The molecule has 0 aliphatic heterocycles. The van der Waals surface area contributed by atoms with Crippen LogP contribution < -0.4 is 5.32 Å². The molecule has 0 radical (unpaired) electrons. The summed E-state index contributed by atoms with van der Waals surface area (Å²) >= 11 is 12.0. The predicted molar refractivity (Wildman–Crippen MR) is 132 cm³/mol. The Morgan fingerprint density at radius 1 is 1.06 bits per heavy atom. The number of halogens is 2. The average molecular weight is 487 g/mol. The molecule has 174 valence electrons. The summed E-state index contributed by atoms with van der Waals surface area (Å²) < 4.78 is 0. The second-order valence-electron chi connectivity index (χ2n) is 9.76. The van der Waals surface area contributed by atoms with Crippen LogP contribution in [-0.4, -0.2) is 17.6 Å². The molecule has 2 aromatic carbocycles. The van der Waals surface area contributed by atoms with Crippen molar-refractivity contribution in [1.82, 2.24) is 0 Å². The Hall–Kier alpha value is -2.37. The Kier molecular flexibility index (Phi) is 6.08. The number of nitrogens with one attached hydrogen (secondary N) is 1. The molecule has 0 aromatic heterocycles. The molecule has 2 fully saturated rings. The summed E-state index contributed by atoms with van der Waals surface area (Å²) in [6.45, 7) is 8.43. The standard InChI is InChI=1S/C26H28Cl2N2O3/c1-5-16-6-9-18(10-7-16)29-23(32)26-13-12-25(4,24(26,2)3)21(15-26)30-33-22(31)19-11-8-17(27)14-20(19)28/h6-11,14H,5,12-13,15H2,1-4H3,(H,29,32). The third-order valence-corrected chi connectivity index (χ3v) is 8.73. The van der Waals surface area contributed by atoms with E-state index in [0.29, 0.717) is 11.4 Å². The third kappa shape index (κ3) is 3.75. The van der Waals surface area contributed by atoms with Gasteiger partial charge >= 0.3 is 5.97 Å². The molecule has 1 N–H and O–H groups in total. The van der Waals surface area contributed by atoms with Gasteiger partial charge in [0, 0.05) is 22.5 Å². The zero-order valence-electron chi connectivity index (χ0n) is 19.3. The van der Waals surface area contributed by atoms with E-state index in [0.717, 1.165) is 30.7 Å². The number of oxime groups is 1. The summed E-state index contributed by atoms with van der Waals surface area (Å²) in [5.74, 6) is -0.666. The number of amides is 1. The van der Waals surface area contributed by atoms with Gasteiger partial charge in [-0.25, -0.2) is 4.79 Å². The molecule has 7 heteroatoms. The molecule has 2 saturated carbocycles. The van der Waals surface area contributed by atoms with Crippen LogP contribution in [0.25, 0.3) is 0 Å². The van der Waals surface area contributed by atoms with Gasteiger partial charge in [-0.1, -0.05) is 68.2 Å². The minimum absolute atomic E-state index is 0.0160. The Morgan fingerprint density at radius 2 is 1.76 bits per heavy atom. The molecule has 4 rings (SSSR count). The van der Waals surface area contributed by atoms with Gasteiger partial charge < -0.3 is 10.2 Å². The molecule has 2 atom stereocenters. The minimum Gasteiger partial charge on any atom is -0.326 e. The highest BCUT2D eigenvalue weighted by Gasteiger charge is 2.71. The van der Waals surface area contributed by atoms with Crippen molar-refractivity contribution in [3.63, 3.8) is 0 Å². The van der Waals surface area contributed by atoms with Gasteiger partial charge in [0.05, 0.1) is 21.7 Å². The van der Waals surface area contributed by atoms with Gasteiger partial charge in [-0.15, -0.1) is 0 Å². The first-order chi connectivity index (χ1) is 15.5. The summed E-state index contributed by atoms with van der Waals surface area (Å²) in [6, 6.07) is 12.5. The number of nitrogens with zero attached hydrogens (tertiary/aromatic N) is 1. The molecule has 2 aromatic rings. The summed E-state index contributed by atoms with van der Waals surface area (Å²) in [7, 11) is 0. The smallest absolute Gasteiger partial charge is 0.326 e. The van der Waals surface area contributed by atoms with Crippen molar-refractivity contribution in [2.24, 2.45) is 21.4 Å². The maximum absolute atomic E-state index is 13.6. The summed E-state index contributed by atoms with van der Waals surface area (Å²) in [5.41, 5.74) is 1.57. The molecule has 2 aliphatic carbocycles. The van der Waals surface area contributed by atoms with Crippen molar-refractivity contribution < 1.29 is 14.4 Å². The molecule has 0 saturated heterocycles. The van der Waals surface area contributed by atoms with Gasteiger partial charge in [0.1, 0.15) is 0 Å². The zero-order valence-corrected chi connectivity index (χ0v) is 20.8.